The summed E-state index contributed by atoms with van der Waals surface area (Å²) in [7, 11) is 0. The van der Waals surface area contributed by atoms with Gasteiger partial charge in [0.25, 0.3) is 0 Å². The van der Waals surface area contributed by atoms with Crippen LogP contribution in [-0.4, -0.2) is 99.0 Å². The summed E-state index contributed by atoms with van der Waals surface area (Å²) in [4.78, 5) is 61.2. The van der Waals surface area contributed by atoms with Crippen molar-refractivity contribution >= 4 is 80.8 Å². The lowest BCUT2D eigenvalue weighted by Crippen LogP contribution is -2.09. The van der Waals surface area contributed by atoms with Gasteiger partial charge in [-0.15, -0.1) is 23.2 Å². The summed E-state index contributed by atoms with van der Waals surface area (Å²) in [6.07, 6.45) is 0.0833. The molecule has 22 heteroatoms. The molecule has 0 unspecified atom stereocenters. The Morgan fingerprint density at radius 1 is 0.571 bits per heavy atom. The molecule has 0 spiro atoms. The first-order valence-electron chi connectivity index (χ1n) is 14.3. The Hall–Kier alpha value is -4.98. The van der Waals surface area contributed by atoms with Crippen molar-refractivity contribution in [1.82, 2.24) is 0 Å². The maximum atomic E-state index is 11.1. The second-order valence-corrected chi connectivity index (χ2v) is 9.38. The zero-order valence-corrected chi connectivity index (χ0v) is 31.5. The van der Waals surface area contributed by atoms with Crippen LogP contribution in [-0.2, 0) is 57.1 Å². The predicted molar refractivity (Wildman–Crippen MR) is 207 cm³/mol. The van der Waals surface area contributed by atoms with Gasteiger partial charge < -0.3 is 37.9 Å². The van der Waals surface area contributed by atoms with Crippen LogP contribution < -0.4 is 0 Å². The minimum absolute atomic E-state index is 0. The molecule has 0 amide bonds. The zero-order valence-electron chi connectivity index (χ0n) is 28.5. The number of hydrogen-bond acceptors (Lipinski definition) is 18. The Kier molecular flexibility index (Phi) is 61.6. The monoisotopic (exact) mass is 880 g/mol. The van der Waals surface area contributed by atoms with Gasteiger partial charge >= 0.3 is 34.7 Å². The summed E-state index contributed by atoms with van der Waals surface area (Å²) in [6, 6.07) is 6.80. The second-order valence-electron chi connectivity index (χ2n) is 8.01. The molecule has 320 valence electrons. The number of Topliss-reactive ketones (excluding diaryl/α,β-unsaturated/α-hetero) is 2. The quantitative estimate of drug-likeness (QED) is 0.0516. The third kappa shape index (κ3) is 47.0. The van der Waals surface area contributed by atoms with E-state index in [9.17, 15) is 28.8 Å². The maximum Gasteiger partial charge on any atom is 0.403 e. The minimum Gasteiger partial charge on any atom is -0.462 e. The highest BCUT2D eigenvalue weighted by Gasteiger charge is 2.24. The number of halogens is 4. The standard InChI is InChI=1S/2C8H9NO4.2C4H5NO.2C3H4Cl2O2.4CH4/c2*1-2-11-7(10)6(5-9)8-12-3-4-13-8;2*1-4(6)2-3-5;2*4-1-2-7-3(5)6;;;;/h2*2-4H2,1H3;2*2H2,1H3;2*1-2H2;4*1H4. The van der Waals surface area contributed by atoms with Crippen LogP contribution in [0.2, 0.25) is 0 Å². The van der Waals surface area contributed by atoms with E-state index in [-0.39, 0.29) is 104 Å². The van der Waals surface area contributed by atoms with Crippen LogP contribution in [0.4, 0.5) is 9.59 Å². The van der Waals surface area contributed by atoms with Gasteiger partial charge in [0, 0.05) is 23.2 Å². The number of esters is 2. The van der Waals surface area contributed by atoms with Crippen molar-refractivity contribution in [3.63, 3.8) is 0 Å². The van der Waals surface area contributed by atoms with Crippen molar-refractivity contribution in [2.24, 2.45) is 0 Å². The molecule has 0 aromatic heterocycles. The number of carbonyl (C=O) groups excluding carboxylic acids is 6. The summed E-state index contributed by atoms with van der Waals surface area (Å²) >= 11 is 19.7. The highest BCUT2D eigenvalue weighted by molar-refractivity contribution is 6.61. The van der Waals surface area contributed by atoms with Crippen molar-refractivity contribution < 1.29 is 66.7 Å². The first kappa shape index (κ1) is 69.0. The van der Waals surface area contributed by atoms with Gasteiger partial charge in [-0.2, -0.15) is 21.0 Å². The number of nitrogens with zero attached hydrogens (tertiary/aromatic N) is 4. The molecule has 0 saturated carbocycles. The summed E-state index contributed by atoms with van der Waals surface area (Å²) in [5, 5.41) is 32.8. The van der Waals surface area contributed by atoms with E-state index in [1.807, 2.05) is 0 Å². The molecule has 0 radical (unpaired) electrons. The Labute approximate surface area is 349 Å². The lowest BCUT2D eigenvalue weighted by Gasteiger charge is -2.01. The topological polar surface area (TPSA) is 271 Å². The van der Waals surface area contributed by atoms with Gasteiger partial charge in [0.05, 0.1) is 50.0 Å². The Morgan fingerprint density at radius 2 is 0.839 bits per heavy atom. The molecule has 2 aliphatic rings. The van der Waals surface area contributed by atoms with Crippen LogP contribution in [0.15, 0.2) is 23.0 Å². The van der Waals surface area contributed by atoms with E-state index in [0.29, 0.717) is 38.2 Å². The molecule has 0 N–H and O–H groups in total. The van der Waals surface area contributed by atoms with Crippen molar-refractivity contribution in [3.05, 3.63) is 23.0 Å². The largest absolute Gasteiger partial charge is 0.462 e. The van der Waals surface area contributed by atoms with Crippen molar-refractivity contribution in [1.29, 1.82) is 21.0 Å². The molecule has 0 aromatic carbocycles. The van der Waals surface area contributed by atoms with E-state index in [4.69, 9.17) is 86.4 Å². The average Bonchev–Trinajstić information content (AvgIpc) is 3.81. The van der Waals surface area contributed by atoms with E-state index in [1.54, 1.807) is 38.1 Å². The van der Waals surface area contributed by atoms with Crippen LogP contribution in [0.1, 0.15) is 70.2 Å². The number of alkyl halides is 2. The molecule has 2 aliphatic heterocycles. The third-order valence-corrected chi connectivity index (χ3v) is 4.46. The van der Waals surface area contributed by atoms with Crippen molar-refractivity contribution in [2.45, 2.75) is 70.2 Å². The number of ether oxygens (including phenoxy) is 8. The van der Waals surface area contributed by atoms with Gasteiger partial charge in [0.15, 0.2) is 0 Å². The summed E-state index contributed by atoms with van der Waals surface area (Å²) < 4.78 is 37.3. The number of nitriles is 4. The second kappa shape index (κ2) is 50.0. The zero-order chi connectivity index (χ0) is 40.7. The van der Waals surface area contributed by atoms with Gasteiger partial charge in [-0.1, -0.05) is 29.7 Å². The Bertz CT molecular complexity index is 1250. The first-order chi connectivity index (χ1) is 24.7. The van der Waals surface area contributed by atoms with Gasteiger partial charge in [-0.3, -0.25) is 9.59 Å². The number of ketones is 2. The summed E-state index contributed by atoms with van der Waals surface area (Å²) in [5.74, 6) is -1.03. The van der Waals surface area contributed by atoms with Crippen LogP contribution >= 0.6 is 46.4 Å². The molecule has 0 atom stereocenters. The van der Waals surface area contributed by atoms with E-state index in [1.165, 1.54) is 13.8 Å². The molecule has 2 rings (SSSR count). The number of rotatable bonds is 10. The molecular formula is C34H52Cl4N4O14. The van der Waals surface area contributed by atoms with Crippen LogP contribution in [0, 0.1) is 45.3 Å². The third-order valence-electron chi connectivity index (χ3n) is 3.93. The maximum absolute atomic E-state index is 11.1. The highest BCUT2D eigenvalue weighted by atomic mass is 35.5. The molecule has 0 bridgehead atoms. The van der Waals surface area contributed by atoms with Gasteiger partial charge in [0.1, 0.15) is 63.3 Å². The fraction of sp³-hybridized carbons (Fsp3) is 0.588. The minimum atomic E-state index is -0.805. The molecule has 2 saturated heterocycles. The average molecular weight is 883 g/mol. The molecule has 56 heavy (non-hydrogen) atoms. The predicted octanol–water partition coefficient (Wildman–Crippen LogP) is 7.39. The SMILES string of the molecule is C.C.C.C.CC(=O)CC#N.CC(=O)CC#N.CCOC(=O)C(C#N)=C1OCCO1.CCOC(=O)C(C#N)=C1OCCO1.O=C(Cl)OCCCl.O=C(Cl)OCCCl. The van der Waals surface area contributed by atoms with E-state index >= 15 is 0 Å². The molecule has 2 heterocycles. The molecule has 0 aliphatic carbocycles. The summed E-state index contributed by atoms with van der Waals surface area (Å²) in [6.45, 7) is 8.36. The lowest BCUT2D eigenvalue weighted by molar-refractivity contribution is -0.139. The Morgan fingerprint density at radius 3 is 0.964 bits per heavy atom. The normalized spacial score (nSPS) is 10.0. The van der Waals surface area contributed by atoms with E-state index < -0.39 is 22.8 Å². The van der Waals surface area contributed by atoms with Gasteiger partial charge in [-0.25, -0.2) is 19.2 Å². The van der Waals surface area contributed by atoms with Gasteiger partial charge in [0.2, 0.25) is 11.1 Å². The van der Waals surface area contributed by atoms with E-state index in [2.05, 4.69) is 18.9 Å². The van der Waals surface area contributed by atoms with Gasteiger partial charge in [-0.05, 0) is 27.7 Å². The smallest absolute Gasteiger partial charge is 0.403 e. The first-order valence-corrected chi connectivity index (χ1v) is 16.1. The fourth-order valence-electron chi connectivity index (χ4n) is 2.13. The lowest BCUT2D eigenvalue weighted by atomic mass is 10.3. The highest BCUT2D eigenvalue weighted by Crippen LogP contribution is 2.15. The Balaban J connectivity index is -0.0000000840. The fourth-order valence-corrected chi connectivity index (χ4v) is 2.43. The molecule has 2 fully saturated rings. The van der Waals surface area contributed by atoms with E-state index in [0.717, 1.165) is 0 Å². The number of hydrogen-bond donors (Lipinski definition) is 0. The van der Waals surface area contributed by atoms with Crippen molar-refractivity contribution in [2.75, 3.05) is 64.6 Å². The van der Waals surface area contributed by atoms with Crippen LogP contribution in [0.3, 0.4) is 0 Å². The molecular weight excluding hydrogens is 830 g/mol. The summed E-state index contributed by atoms with van der Waals surface area (Å²) in [5.41, 5.74) is -2.03. The van der Waals surface area contributed by atoms with Crippen LogP contribution in [0.5, 0.6) is 0 Å². The molecule has 0 aromatic rings. The number of carbonyl (C=O) groups is 6. The molecule has 18 nitrogen and oxygen atoms in total. The van der Waals surface area contributed by atoms with Crippen LogP contribution in [0.25, 0.3) is 0 Å². The van der Waals surface area contributed by atoms with Crippen molar-refractivity contribution in [3.8, 4) is 24.3 Å².